The molecular weight excluding hydrogens is 124 g/mol. The van der Waals surface area contributed by atoms with Gasteiger partial charge >= 0.3 is 0 Å². The predicted octanol–water partition coefficient (Wildman–Crippen LogP) is -0.898. The molecule has 0 aliphatic carbocycles. The molecule has 0 aliphatic heterocycles. The van der Waals surface area contributed by atoms with Gasteiger partial charge in [0, 0.05) is 6.07 Å². The zero-order valence-electron chi connectivity index (χ0n) is 4.42. The van der Waals surface area contributed by atoms with Crippen molar-refractivity contribution in [1.29, 1.82) is 0 Å². The summed E-state index contributed by atoms with van der Waals surface area (Å²) in [6.45, 7) is 0. The average Bonchev–Trinajstić information content (AvgIpc) is 2.14. The first kappa shape index (κ1) is 5.64. The number of nitrogens with zero attached hydrogens (tertiary/aromatic N) is 1. The maximum atomic E-state index is 4.67. The molecule has 1 aromatic rings. The van der Waals surface area contributed by atoms with Gasteiger partial charge in [-0.25, -0.2) is 0 Å². The van der Waals surface area contributed by atoms with Crippen molar-refractivity contribution in [1.82, 2.24) is 5.16 Å². The van der Waals surface area contributed by atoms with Gasteiger partial charge < -0.3 is 9.05 Å². The van der Waals surface area contributed by atoms with Crippen LogP contribution in [0.1, 0.15) is 0 Å². The minimum atomic E-state index is 0.493. The summed E-state index contributed by atoms with van der Waals surface area (Å²) in [5.41, 5.74) is 0.752. The zero-order chi connectivity index (χ0) is 5.98. The quantitative estimate of drug-likeness (QED) is 0.364. The van der Waals surface area contributed by atoms with Crippen molar-refractivity contribution in [2.45, 2.75) is 0 Å². The molecule has 8 heavy (non-hydrogen) atoms. The smallest absolute Gasteiger partial charge is 0.255 e. The molecule has 0 aliphatic rings. The third kappa shape index (κ3) is 1.01. The largest absolute Gasteiger partial charge is 0.461 e. The number of rotatable bonds is 1. The Kier molecular flexibility index (Phi) is 1.54. The molecule has 0 fully saturated rings. The second-order valence-electron chi connectivity index (χ2n) is 1.39. The number of hydrogen-bond donors (Lipinski definition) is 0. The maximum absolute atomic E-state index is 4.67. The van der Waals surface area contributed by atoms with Crippen LogP contribution in [-0.2, 0) is 0 Å². The van der Waals surface area contributed by atoms with Crippen LogP contribution >= 0.6 is 9.47 Å². The molecule has 0 N–H and O–H groups in total. The van der Waals surface area contributed by atoms with Crippen LogP contribution in [-0.4, -0.2) is 13.0 Å². The van der Waals surface area contributed by atoms with E-state index < -0.39 is 0 Å². The van der Waals surface area contributed by atoms with Crippen molar-refractivity contribution in [2.24, 2.45) is 0 Å². The van der Waals surface area contributed by atoms with E-state index in [2.05, 4.69) is 23.7 Å². The van der Waals surface area contributed by atoms with Gasteiger partial charge in [-0.05, 0) is 5.16 Å². The highest BCUT2D eigenvalue weighted by Gasteiger charge is 1.94. The fourth-order valence-corrected chi connectivity index (χ4v) is 0.510. The molecule has 0 aromatic carbocycles. The zero-order valence-corrected chi connectivity index (χ0v) is 5.57. The molecule has 0 bridgehead atoms. The normalized spacial score (nSPS) is 9.12. The average molecular weight is 129 g/mol. The summed E-state index contributed by atoms with van der Waals surface area (Å²) >= 11 is 0. The number of aromatic nitrogens is 1. The van der Waals surface area contributed by atoms with Gasteiger partial charge in [0.2, 0.25) is 0 Å². The Bertz CT molecular complexity index is 178. The van der Waals surface area contributed by atoms with E-state index in [1.165, 1.54) is 0 Å². The molecule has 0 saturated heterocycles. The van der Waals surface area contributed by atoms with Gasteiger partial charge in [0.1, 0.15) is 0 Å². The monoisotopic (exact) mass is 129 g/mol. The lowest BCUT2D eigenvalue weighted by atomic mass is 10.1. The van der Waals surface area contributed by atoms with Crippen LogP contribution < -0.4 is 10.2 Å². The van der Waals surface area contributed by atoms with Crippen molar-refractivity contribution in [3.63, 3.8) is 0 Å². The molecule has 3 nitrogen and oxygen atoms in total. The van der Waals surface area contributed by atoms with Crippen molar-refractivity contribution in [3.05, 3.63) is 6.07 Å². The highest BCUT2D eigenvalue weighted by Crippen LogP contribution is 2.04. The van der Waals surface area contributed by atoms with E-state index in [4.69, 9.17) is 0 Å². The van der Waals surface area contributed by atoms with E-state index in [0.717, 1.165) is 5.66 Å². The van der Waals surface area contributed by atoms with Crippen LogP contribution in [0.2, 0.25) is 0 Å². The molecule has 42 valence electrons. The molecule has 1 unspecified atom stereocenters. The van der Waals surface area contributed by atoms with E-state index in [1.807, 2.05) is 0 Å². The number of hydrogen-bond acceptors (Lipinski definition) is 3. The van der Waals surface area contributed by atoms with E-state index in [0.29, 0.717) is 5.88 Å². The fourth-order valence-electron chi connectivity index (χ4n) is 0.399. The van der Waals surface area contributed by atoms with Gasteiger partial charge in [-0.1, -0.05) is 0 Å². The Morgan fingerprint density at radius 2 is 2.62 bits per heavy atom. The lowest BCUT2D eigenvalue weighted by molar-refractivity contribution is 0.416. The maximum Gasteiger partial charge on any atom is 0.255 e. The van der Waals surface area contributed by atoms with Gasteiger partial charge in [0.25, 0.3) is 5.88 Å². The third-order valence-electron chi connectivity index (χ3n) is 0.727. The van der Waals surface area contributed by atoms with E-state index in [-0.39, 0.29) is 0 Å². The summed E-state index contributed by atoms with van der Waals surface area (Å²) in [5, 5.41) is 3.52. The minimum Gasteiger partial charge on any atom is -0.461 e. The van der Waals surface area contributed by atoms with Crippen LogP contribution in [0, 0.1) is 0 Å². The van der Waals surface area contributed by atoms with E-state index in [9.17, 15) is 0 Å². The Labute approximate surface area is 50.1 Å². The summed E-state index contributed by atoms with van der Waals surface area (Å²) in [6, 6.07) is 1.70. The minimum absolute atomic E-state index is 0.493. The van der Waals surface area contributed by atoms with Crippen molar-refractivity contribution in [3.8, 4) is 5.88 Å². The molecule has 5 heteroatoms. The first-order chi connectivity index (χ1) is 3.83. The molecular formula is C3H5BNO2P. The predicted molar refractivity (Wildman–Crippen MR) is 35.0 cm³/mol. The second kappa shape index (κ2) is 2.18. The first-order valence-corrected chi connectivity index (χ1v) is 2.60. The third-order valence-corrected chi connectivity index (χ3v) is 0.969. The fraction of sp³-hybridized carbons (Fsp3) is 0. The summed E-state index contributed by atoms with van der Waals surface area (Å²) in [5.74, 6) is 0.493. The Hall–Kier alpha value is -0.495. The Morgan fingerprint density at radius 3 is 2.88 bits per heavy atom. The Balaban J connectivity index is 2.84. The highest BCUT2D eigenvalue weighted by molar-refractivity contribution is 7.10. The lowest BCUT2D eigenvalue weighted by Crippen LogP contribution is -1.93. The van der Waals surface area contributed by atoms with E-state index >= 15 is 0 Å². The molecule has 1 aromatic heterocycles. The van der Waals surface area contributed by atoms with Crippen LogP contribution in [0.3, 0.4) is 0 Å². The molecule has 0 spiro atoms. The second-order valence-corrected chi connectivity index (χ2v) is 1.63. The topological polar surface area (TPSA) is 35.3 Å². The van der Waals surface area contributed by atoms with Gasteiger partial charge in [0.05, 0.1) is 15.1 Å². The molecule has 0 saturated carbocycles. The van der Waals surface area contributed by atoms with Gasteiger partial charge in [-0.15, -0.1) is 0 Å². The SMILES string of the molecule is Bc1cc(OP)no1. The van der Waals surface area contributed by atoms with Gasteiger partial charge in [0.15, 0.2) is 7.85 Å². The van der Waals surface area contributed by atoms with Crippen LogP contribution in [0.25, 0.3) is 0 Å². The van der Waals surface area contributed by atoms with Crippen molar-refractivity contribution >= 4 is 23.0 Å². The molecule has 1 atom stereocenters. The molecule has 0 amide bonds. The summed E-state index contributed by atoms with van der Waals surface area (Å²) in [6.07, 6.45) is 0. The lowest BCUT2D eigenvalue weighted by Gasteiger charge is -1.82. The summed E-state index contributed by atoms with van der Waals surface area (Å²) < 4.78 is 9.31. The van der Waals surface area contributed by atoms with Gasteiger partial charge in [-0.3, -0.25) is 0 Å². The summed E-state index contributed by atoms with van der Waals surface area (Å²) in [7, 11) is 3.89. The molecule has 1 rings (SSSR count). The highest BCUT2D eigenvalue weighted by atomic mass is 31.0. The Morgan fingerprint density at radius 1 is 1.88 bits per heavy atom. The van der Waals surface area contributed by atoms with Crippen LogP contribution in [0.15, 0.2) is 10.6 Å². The van der Waals surface area contributed by atoms with Crippen LogP contribution in [0.4, 0.5) is 0 Å². The molecule has 0 radical (unpaired) electrons. The van der Waals surface area contributed by atoms with Crippen molar-refractivity contribution < 1.29 is 9.05 Å². The van der Waals surface area contributed by atoms with Crippen molar-refractivity contribution in [2.75, 3.05) is 0 Å². The van der Waals surface area contributed by atoms with Crippen LogP contribution in [0.5, 0.6) is 5.88 Å². The first-order valence-electron chi connectivity index (χ1n) is 2.13. The summed E-state index contributed by atoms with van der Waals surface area (Å²) in [4.78, 5) is 0. The molecule has 1 heterocycles. The van der Waals surface area contributed by atoms with E-state index in [1.54, 1.807) is 13.9 Å². The standard InChI is InChI=1S/C3H5BNO2P/c4-2-1-3(7-8)5-6-2/h1H,4,8H2. The van der Waals surface area contributed by atoms with Gasteiger partial charge in [-0.2, -0.15) is 0 Å².